The Kier molecular flexibility index (Phi) is 4.72. The number of benzene rings is 2. The van der Waals surface area contributed by atoms with Crippen molar-refractivity contribution in [1.82, 2.24) is 9.13 Å². The van der Waals surface area contributed by atoms with Gasteiger partial charge in [0.05, 0.1) is 21.7 Å². The Balaban J connectivity index is 2.50. The summed E-state index contributed by atoms with van der Waals surface area (Å²) in [5.41, 5.74) is 0.0429. The maximum absolute atomic E-state index is 13.3. The molecule has 30 heavy (non-hydrogen) atoms. The number of hydrogen-bond donors (Lipinski definition) is 2. The molecule has 2 N–H and O–H groups in total. The fourth-order valence-corrected chi connectivity index (χ4v) is 4.36. The lowest BCUT2D eigenvalue weighted by Crippen LogP contribution is -2.36. The second-order valence-electron chi connectivity index (χ2n) is 7.15. The fourth-order valence-electron chi connectivity index (χ4n) is 4.36. The van der Waals surface area contributed by atoms with Gasteiger partial charge in [-0.15, -0.1) is 0 Å². The number of aromatic hydroxyl groups is 1. The minimum absolute atomic E-state index is 0.182. The summed E-state index contributed by atoms with van der Waals surface area (Å²) in [4.78, 5) is 44.1. The highest BCUT2D eigenvalue weighted by Gasteiger charge is 2.28. The zero-order valence-corrected chi connectivity index (χ0v) is 17.5. The van der Waals surface area contributed by atoms with Crippen molar-refractivity contribution in [2.75, 3.05) is 18.4 Å². The van der Waals surface area contributed by atoms with Crippen molar-refractivity contribution in [2.45, 2.75) is 40.8 Å². The summed E-state index contributed by atoms with van der Waals surface area (Å²) >= 11 is 0. The van der Waals surface area contributed by atoms with E-state index < -0.39 is 11.1 Å². The van der Waals surface area contributed by atoms with E-state index in [2.05, 4.69) is 10.3 Å². The van der Waals surface area contributed by atoms with Crippen LogP contribution in [0.15, 0.2) is 31.5 Å². The number of nitrogens with zero attached hydrogens (tertiary/aromatic N) is 3. The Bertz CT molecular complexity index is 1480. The Hall–Kier alpha value is -3.42. The van der Waals surface area contributed by atoms with Crippen LogP contribution in [0, 0.1) is 0 Å². The zero-order chi connectivity index (χ0) is 21.7. The topological polar surface area (TPSA) is 106 Å². The molecule has 1 aliphatic heterocycles. The summed E-state index contributed by atoms with van der Waals surface area (Å²) in [7, 11) is 0. The van der Waals surface area contributed by atoms with Gasteiger partial charge in [-0.25, -0.2) is 0 Å². The number of nitrogens with one attached hydrogen (secondary N) is 1. The minimum Gasteiger partial charge on any atom is -0.494 e. The first-order valence-corrected chi connectivity index (χ1v) is 10.2. The molecule has 8 heteroatoms. The smallest absolute Gasteiger partial charge is 0.263 e. The monoisotopic (exact) mass is 408 g/mol. The van der Waals surface area contributed by atoms with Gasteiger partial charge in [-0.1, -0.05) is 0 Å². The van der Waals surface area contributed by atoms with E-state index >= 15 is 0 Å². The van der Waals surface area contributed by atoms with E-state index in [1.807, 2.05) is 13.8 Å². The second-order valence-corrected chi connectivity index (χ2v) is 7.15. The van der Waals surface area contributed by atoms with E-state index in [0.29, 0.717) is 56.8 Å². The van der Waals surface area contributed by atoms with Crippen LogP contribution in [0.3, 0.4) is 0 Å². The van der Waals surface area contributed by atoms with Gasteiger partial charge in [-0.05, 0) is 39.8 Å². The number of aromatic nitrogens is 2. The molecule has 0 radical (unpaired) electrons. The minimum atomic E-state index is -0.418. The van der Waals surface area contributed by atoms with E-state index in [9.17, 15) is 19.5 Å². The van der Waals surface area contributed by atoms with Gasteiger partial charge >= 0.3 is 0 Å². The Morgan fingerprint density at radius 1 is 0.900 bits per heavy atom. The standard InChI is InChI=1S/C22H24N4O4/c1-5-23-13-9-11-16-15-12(20(28)25(7-3)21(29)17(13)15)10-14(24-6-2)18(16)22(30)26(8-4)19(11)27/h9-10,23,27H,5-8H2,1-4H3. The highest BCUT2D eigenvalue weighted by atomic mass is 16.3. The van der Waals surface area contributed by atoms with Crippen molar-refractivity contribution in [3.8, 4) is 17.0 Å². The van der Waals surface area contributed by atoms with Crippen molar-refractivity contribution in [2.24, 2.45) is 4.99 Å². The van der Waals surface area contributed by atoms with Gasteiger partial charge in [0.1, 0.15) is 0 Å². The van der Waals surface area contributed by atoms with Crippen LogP contribution < -0.4 is 27.4 Å². The molecular weight excluding hydrogens is 384 g/mol. The molecule has 1 aromatic carbocycles. The highest BCUT2D eigenvalue weighted by Crippen LogP contribution is 2.40. The Morgan fingerprint density at radius 3 is 2.17 bits per heavy atom. The molecule has 8 nitrogen and oxygen atoms in total. The first-order chi connectivity index (χ1) is 14.4. The number of hydrogen-bond acceptors (Lipinski definition) is 6. The van der Waals surface area contributed by atoms with Gasteiger partial charge in [0.2, 0.25) is 5.88 Å². The molecule has 4 rings (SSSR count). The molecule has 0 atom stereocenters. The third-order valence-electron chi connectivity index (χ3n) is 5.60. The molecule has 2 aromatic rings. The summed E-state index contributed by atoms with van der Waals surface area (Å²) in [6.45, 7) is 8.75. The predicted octanol–water partition coefficient (Wildman–Crippen LogP) is 1.75. The fraction of sp³-hybridized carbons (Fsp3) is 0.364. The summed E-state index contributed by atoms with van der Waals surface area (Å²) < 4.78 is 2.48. The van der Waals surface area contributed by atoms with Crippen LogP contribution in [0.2, 0.25) is 0 Å². The van der Waals surface area contributed by atoms with Crippen molar-refractivity contribution in [3.63, 3.8) is 0 Å². The molecule has 0 unspecified atom stereocenters. The molecule has 0 bridgehead atoms. The van der Waals surface area contributed by atoms with E-state index in [1.165, 1.54) is 9.13 Å². The number of anilines is 1. The quantitative estimate of drug-likeness (QED) is 0.490. The lowest BCUT2D eigenvalue weighted by atomic mass is 9.89. The lowest BCUT2D eigenvalue weighted by Gasteiger charge is -2.21. The van der Waals surface area contributed by atoms with Gasteiger partial charge in [0, 0.05) is 48.2 Å². The second kappa shape index (κ2) is 7.12. The summed E-state index contributed by atoms with van der Waals surface area (Å²) in [6.07, 6.45) is 0. The summed E-state index contributed by atoms with van der Waals surface area (Å²) in [5.74, 6) is -0.182. The molecule has 0 saturated heterocycles. The molecule has 156 valence electrons. The molecule has 2 heterocycles. The molecule has 0 spiro atoms. The van der Waals surface area contributed by atoms with Gasteiger partial charge < -0.3 is 10.4 Å². The van der Waals surface area contributed by atoms with Crippen LogP contribution in [0.25, 0.3) is 32.7 Å². The largest absolute Gasteiger partial charge is 0.494 e. The SMILES string of the molecule is CCN=c1cc2c(=O)n(CC)c(=O)c3c(NCC)cc4c(O)n(CC)c(=O)c1c4c3-2. The molecule has 1 aromatic heterocycles. The van der Waals surface area contributed by atoms with Gasteiger partial charge in [-0.2, -0.15) is 0 Å². The van der Waals surface area contributed by atoms with E-state index in [0.717, 1.165) is 0 Å². The van der Waals surface area contributed by atoms with Crippen LogP contribution in [0.5, 0.6) is 5.88 Å². The molecular formula is C22H24N4O4. The molecule has 0 saturated carbocycles. The number of rotatable bonds is 5. The number of pyridine rings is 2. The normalized spacial score (nSPS) is 12.6. The maximum Gasteiger partial charge on any atom is 0.263 e. The van der Waals surface area contributed by atoms with E-state index in [4.69, 9.17) is 0 Å². The first-order valence-electron chi connectivity index (χ1n) is 10.2. The van der Waals surface area contributed by atoms with Crippen molar-refractivity contribution < 1.29 is 5.11 Å². The lowest BCUT2D eigenvalue weighted by molar-refractivity contribution is 0.419. The average Bonchev–Trinajstić information content (AvgIpc) is 2.72. The zero-order valence-electron chi connectivity index (χ0n) is 17.5. The van der Waals surface area contributed by atoms with Crippen molar-refractivity contribution in [3.05, 3.63) is 48.6 Å². The third kappa shape index (κ3) is 2.46. The van der Waals surface area contributed by atoms with Crippen LogP contribution in [0.1, 0.15) is 27.7 Å². The molecule has 0 amide bonds. The first kappa shape index (κ1) is 19.9. The van der Waals surface area contributed by atoms with E-state index in [-0.39, 0.29) is 24.5 Å². The van der Waals surface area contributed by atoms with Gasteiger partial charge in [0.15, 0.2) is 0 Å². The summed E-state index contributed by atoms with van der Waals surface area (Å²) in [6, 6.07) is 3.30. The van der Waals surface area contributed by atoms with Crippen molar-refractivity contribution >= 4 is 27.2 Å². The van der Waals surface area contributed by atoms with Crippen LogP contribution >= 0.6 is 0 Å². The van der Waals surface area contributed by atoms with Crippen LogP contribution in [0.4, 0.5) is 5.69 Å². The molecule has 2 aliphatic rings. The van der Waals surface area contributed by atoms with Crippen molar-refractivity contribution in [1.29, 1.82) is 0 Å². The highest BCUT2D eigenvalue weighted by molar-refractivity contribution is 6.18. The summed E-state index contributed by atoms with van der Waals surface area (Å²) in [5, 5.41) is 16.0. The molecule has 0 fully saturated rings. The van der Waals surface area contributed by atoms with Gasteiger partial charge in [0.25, 0.3) is 16.7 Å². The Morgan fingerprint density at radius 2 is 1.57 bits per heavy atom. The average molecular weight is 408 g/mol. The third-order valence-corrected chi connectivity index (χ3v) is 5.60. The van der Waals surface area contributed by atoms with Crippen LogP contribution in [-0.2, 0) is 13.1 Å². The van der Waals surface area contributed by atoms with Gasteiger partial charge in [-0.3, -0.25) is 28.5 Å². The Labute approximate surface area is 171 Å². The predicted molar refractivity (Wildman–Crippen MR) is 119 cm³/mol. The molecule has 1 aliphatic carbocycles. The van der Waals surface area contributed by atoms with E-state index in [1.54, 1.807) is 26.0 Å². The van der Waals surface area contributed by atoms with Crippen LogP contribution in [-0.4, -0.2) is 27.3 Å². The maximum atomic E-state index is 13.3.